The number of carbonyl (C=O) groups is 1. The van der Waals surface area contributed by atoms with Crippen LogP contribution in [0.25, 0.3) is 11.3 Å². The van der Waals surface area contributed by atoms with E-state index >= 15 is 0 Å². The van der Waals surface area contributed by atoms with Gasteiger partial charge in [-0.05, 0) is 37.5 Å². The number of piperidine rings is 1. The van der Waals surface area contributed by atoms with Crippen LogP contribution in [0.5, 0.6) is 0 Å². The maximum Gasteiger partial charge on any atom is 0.276 e. The number of fused-ring (bicyclic) bond motifs is 4. The highest BCUT2D eigenvalue weighted by Crippen LogP contribution is 2.36. The molecule has 28 heavy (non-hydrogen) atoms. The number of pyridine rings is 2. The zero-order valence-electron chi connectivity index (χ0n) is 15.5. The van der Waals surface area contributed by atoms with Crippen molar-refractivity contribution in [2.45, 2.75) is 25.8 Å². The Labute approximate surface area is 161 Å². The summed E-state index contributed by atoms with van der Waals surface area (Å²) in [6.45, 7) is 3.62. The zero-order chi connectivity index (χ0) is 19.3. The summed E-state index contributed by atoms with van der Waals surface area (Å²) in [5.41, 5.74) is 2.94. The van der Waals surface area contributed by atoms with Crippen LogP contribution >= 0.6 is 0 Å². The fourth-order valence-electron chi connectivity index (χ4n) is 4.44. The van der Waals surface area contributed by atoms with E-state index in [-0.39, 0.29) is 23.3 Å². The molecule has 7 heteroatoms. The molecule has 1 saturated heterocycles. The lowest BCUT2D eigenvalue weighted by Crippen LogP contribution is -2.49. The number of nitrogens with zero attached hydrogens (tertiary/aromatic N) is 4. The highest BCUT2D eigenvalue weighted by atomic mass is 16.5. The molecule has 5 rings (SSSR count). The van der Waals surface area contributed by atoms with Crippen molar-refractivity contribution >= 4 is 5.91 Å². The third kappa shape index (κ3) is 2.83. The van der Waals surface area contributed by atoms with Crippen molar-refractivity contribution in [3.8, 4) is 11.3 Å². The first kappa shape index (κ1) is 16.9. The van der Waals surface area contributed by atoms with Gasteiger partial charge in [-0.15, -0.1) is 0 Å². The monoisotopic (exact) mass is 376 g/mol. The predicted octanol–water partition coefficient (Wildman–Crippen LogP) is 2.47. The predicted molar refractivity (Wildman–Crippen MR) is 102 cm³/mol. The topological polar surface area (TPSA) is 81.2 Å². The van der Waals surface area contributed by atoms with E-state index < -0.39 is 0 Å². The Kier molecular flexibility index (Phi) is 3.89. The van der Waals surface area contributed by atoms with Gasteiger partial charge < -0.3 is 14.0 Å². The molecule has 0 radical (unpaired) electrons. The number of carbonyl (C=O) groups excluding carboxylic acids is 1. The van der Waals surface area contributed by atoms with Crippen molar-refractivity contribution in [2.75, 3.05) is 13.1 Å². The van der Waals surface area contributed by atoms with Crippen LogP contribution in [0.4, 0.5) is 0 Å². The second-order valence-electron chi connectivity index (χ2n) is 7.66. The Balaban J connectivity index is 1.49. The van der Waals surface area contributed by atoms with Crippen LogP contribution in [-0.2, 0) is 6.54 Å². The lowest BCUT2D eigenvalue weighted by Gasteiger charge is -2.42. The van der Waals surface area contributed by atoms with E-state index in [4.69, 9.17) is 4.52 Å². The van der Waals surface area contributed by atoms with Crippen LogP contribution in [0, 0.1) is 12.8 Å². The molecule has 5 heterocycles. The van der Waals surface area contributed by atoms with Crippen LogP contribution in [-0.4, -0.2) is 38.6 Å². The van der Waals surface area contributed by atoms with Gasteiger partial charge in [-0.3, -0.25) is 14.6 Å². The summed E-state index contributed by atoms with van der Waals surface area (Å²) in [7, 11) is 0. The van der Waals surface area contributed by atoms with Crippen molar-refractivity contribution in [3.63, 3.8) is 0 Å². The maximum absolute atomic E-state index is 12.8. The average Bonchev–Trinajstić information content (AvgIpc) is 3.15. The number of likely N-dealkylation sites (tertiary alicyclic amines) is 1. The van der Waals surface area contributed by atoms with Gasteiger partial charge in [0.15, 0.2) is 5.69 Å². The van der Waals surface area contributed by atoms with E-state index in [2.05, 4.69) is 16.2 Å². The molecule has 2 aliphatic heterocycles. The second kappa shape index (κ2) is 6.44. The molecule has 7 nitrogen and oxygen atoms in total. The van der Waals surface area contributed by atoms with Gasteiger partial charge in [0.05, 0.1) is 5.69 Å². The first-order valence-electron chi connectivity index (χ1n) is 9.47. The van der Waals surface area contributed by atoms with Crippen LogP contribution in [0.15, 0.2) is 51.9 Å². The van der Waals surface area contributed by atoms with E-state index in [1.165, 1.54) is 0 Å². The third-order valence-corrected chi connectivity index (χ3v) is 5.65. The molecule has 2 atom stereocenters. The summed E-state index contributed by atoms with van der Waals surface area (Å²) in [5, 5.41) is 3.87. The van der Waals surface area contributed by atoms with Gasteiger partial charge in [0.1, 0.15) is 5.76 Å². The van der Waals surface area contributed by atoms with Gasteiger partial charge in [-0.2, -0.15) is 0 Å². The lowest BCUT2D eigenvalue weighted by atomic mass is 9.82. The van der Waals surface area contributed by atoms with Crippen LogP contribution < -0.4 is 5.56 Å². The normalized spacial score (nSPS) is 20.7. The highest BCUT2D eigenvalue weighted by Gasteiger charge is 2.37. The first-order valence-corrected chi connectivity index (χ1v) is 9.47. The molecule has 0 spiro atoms. The van der Waals surface area contributed by atoms with Gasteiger partial charge in [-0.25, -0.2) is 0 Å². The number of aromatic nitrogens is 3. The largest absolute Gasteiger partial charge is 0.361 e. The molecule has 0 N–H and O–H groups in total. The fraction of sp³-hybridized carbons (Fsp3) is 0.333. The Morgan fingerprint density at radius 1 is 1.18 bits per heavy atom. The minimum atomic E-state index is -0.108. The minimum Gasteiger partial charge on any atom is -0.361 e. The molecular weight excluding hydrogens is 356 g/mol. The number of hydrogen-bond acceptors (Lipinski definition) is 5. The smallest absolute Gasteiger partial charge is 0.276 e. The van der Waals surface area contributed by atoms with E-state index in [1.54, 1.807) is 25.3 Å². The van der Waals surface area contributed by atoms with Gasteiger partial charge in [0.25, 0.3) is 11.5 Å². The summed E-state index contributed by atoms with van der Waals surface area (Å²) in [6, 6.07) is 11.1. The van der Waals surface area contributed by atoms with Gasteiger partial charge >= 0.3 is 0 Å². The third-order valence-electron chi connectivity index (χ3n) is 5.65. The summed E-state index contributed by atoms with van der Waals surface area (Å²) in [6.07, 6.45) is 2.70. The molecule has 1 fully saturated rings. The van der Waals surface area contributed by atoms with Crippen molar-refractivity contribution in [1.29, 1.82) is 0 Å². The second-order valence-corrected chi connectivity index (χ2v) is 7.66. The average molecular weight is 376 g/mol. The minimum absolute atomic E-state index is 0.000226. The zero-order valence-corrected chi connectivity index (χ0v) is 15.5. The Morgan fingerprint density at radius 3 is 2.82 bits per heavy atom. The number of hydrogen-bond donors (Lipinski definition) is 0. The standard InChI is InChI=1S/C21H20N4O3/c1-13-6-18(23-28-13)21(27)24-10-14-7-16(12-24)19-8-15(9-20(26)25(19)11-14)17-4-2-3-5-22-17/h2-6,8-9,14,16H,7,10-12H2,1H3/t14-,16+/m0/s1. The quantitative estimate of drug-likeness (QED) is 0.686. The maximum atomic E-state index is 12.8. The molecular formula is C21H20N4O3. The SMILES string of the molecule is Cc1cc(C(=O)N2C[C@@H]3C[C@H](C2)c2cc(-c4ccccn4)cc(=O)n2C3)no1. The lowest BCUT2D eigenvalue weighted by molar-refractivity contribution is 0.0584. The summed E-state index contributed by atoms with van der Waals surface area (Å²) in [4.78, 5) is 31.8. The molecule has 2 bridgehead atoms. The summed E-state index contributed by atoms with van der Waals surface area (Å²) in [5.74, 6) is 0.906. The highest BCUT2D eigenvalue weighted by molar-refractivity contribution is 5.92. The molecule has 3 aromatic heterocycles. The Morgan fingerprint density at radius 2 is 2.07 bits per heavy atom. The molecule has 0 unspecified atom stereocenters. The molecule has 142 valence electrons. The van der Waals surface area contributed by atoms with Crippen LogP contribution in [0.3, 0.4) is 0 Å². The summed E-state index contributed by atoms with van der Waals surface area (Å²) >= 11 is 0. The number of aryl methyl sites for hydroxylation is 1. The molecule has 1 amide bonds. The summed E-state index contributed by atoms with van der Waals surface area (Å²) < 4.78 is 6.93. The van der Waals surface area contributed by atoms with E-state index in [9.17, 15) is 9.59 Å². The molecule has 0 aromatic carbocycles. The van der Waals surface area contributed by atoms with Gasteiger partial charge in [0.2, 0.25) is 0 Å². The van der Waals surface area contributed by atoms with Crippen LogP contribution in [0.2, 0.25) is 0 Å². The Hall–Kier alpha value is -3.22. The van der Waals surface area contributed by atoms with Crippen LogP contribution in [0.1, 0.15) is 34.3 Å². The first-order chi connectivity index (χ1) is 13.6. The van der Waals surface area contributed by atoms with Crippen molar-refractivity contribution < 1.29 is 9.32 Å². The molecule has 0 saturated carbocycles. The van der Waals surface area contributed by atoms with Gasteiger partial charge in [-0.1, -0.05) is 11.2 Å². The van der Waals surface area contributed by atoms with Crippen molar-refractivity contribution in [3.05, 3.63) is 70.1 Å². The number of amides is 1. The fourth-order valence-corrected chi connectivity index (χ4v) is 4.44. The molecule has 0 aliphatic carbocycles. The Bertz CT molecular complexity index is 1100. The molecule has 2 aliphatic rings. The van der Waals surface area contributed by atoms with Gasteiger partial charge in [0, 0.05) is 55.1 Å². The number of rotatable bonds is 2. The van der Waals surface area contributed by atoms with E-state index in [0.29, 0.717) is 31.1 Å². The van der Waals surface area contributed by atoms with Crippen molar-refractivity contribution in [1.82, 2.24) is 19.6 Å². The van der Waals surface area contributed by atoms with Crippen molar-refractivity contribution in [2.24, 2.45) is 5.92 Å². The van der Waals surface area contributed by atoms with E-state index in [1.807, 2.05) is 27.7 Å². The molecule has 3 aromatic rings. The van der Waals surface area contributed by atoms with E-state index in [0.717, 1.165) is 23.4 Å².